The average molecular weight is 931 g/mol. The molecule has 0 atom stereocenters. The smallest absolute Gasteiger partial charge is 0.145 e. The minimum Gasteiger partial charge on any atom is -0.319 e. The summed E-state index contributed by atoms with van der Waals surface area (Å²) >= 11 is 0. The number of benzene rings is 7. The van der Waals surface area contributed by atoms with Crippen LogP contribution in [-0.2, 0) is 26.5 Å². The Kier molecular flexibility index (Phi) is 8.71. The van der Waals surface area contributed by atoms with E-state index in [0.717, 1.165) is 56.0 Å². The van der Waals surface area contributed by atoms with Crippen molar-refractivity contribution in [2.24, 2.45) is 0 Å². The summed E-state index contributed by atoms with van der Waals surface area (Å²) in [7, 11) is 1.99. The summed E-state index contributed by atoms with van der Waals surface area (Å²) in [5.41, 5.74) is 14.9. The molecule has 3 heterocycles. The van der Waals surface area contributed by atoms with Gasteiger partial charge in [-0.1, -0.05) is 122 Å². The van der Waals surface area contributed by atoms with Crippen molar-refractivity contribution in [3.8, 4) is 28.1 Å². The summed E-state index contributed by atoms with van der Waals surface area (Å²) in [6.45, 7) is 4.51. The molecule has 1 aliphatic heterocycles. The predicted molar refractivity (Wildman–Crippen MR) is 232 cm³/mol. The van der Waals surface area contributed by atoms with Gasteiger partial charge in [0.15, 0.2) is 0 Å². The molecule has 58 heavy (non-hydrogen) atoms. The number of anilines is 3. The third kappa shape index (κ3) is 5.27. The number of para-hydroxylation sites is 3. The van der Waals surface area contributed by atoms with Crippen molar-refractivity contribution in [1.29, 1.82) is 0 Å². The van der Waals surface area contributed by atoms with Crippen molar-refractivity contribution >= 4 is 38.9 Å². The average Bonchev–Trinajstić information content (AvgIpc) is 3.89. The van der Waals surface area contributed by atoms with Gasteiger partial charge in [-0.25, -0.2) is 4.98 Å². The van der Waals surface area contributed by atoms with Gasteiger partial charge in [0.1, 0.15) is 17.2 Å². The number of fused-ring (bicyclic) bond motifs is 7. The summed E-state index contributed by atoms with van der Waals surface area (Å²) in [4.78, 5) is 10.0. The number of hydrogen-bond donors (Lipinski definition) is 0. The summed E-state index contributed by atoms with van der Waals surface area (Å²) in [5, 5.41) is 6.22. The van der Waals surface area contributed by atoms with Gasteiger partial charge in [0, 0.05) is 43.9 Å². The topological polar surface area (TPSA) is 37.1 Å². The Hall–Kier alpha value is -6.26. The molecule has 5 nitrogen and oxygen atoms in total. The van der Waals surface area contributed by atoms with Gasteiger partial charge in [0.05, 0.1) is 7.05 Å². The molecule has 0 unspecified atom stereocenters. The first-order valence-corrected chi connectivity index (χ1v) is 19.6. The molecular formula is C52H39N4OPt-. The third-order valence-corrected chi connectivity index (χ3v) is 11.9. The molecule has 6 heteroatoms. The molecule has 0 spiro atoms. The van der Waals surface area contributed by atoms with Crippen LogP contribution in [0.5, 0.6) is 0 Å². The predicted octanol–water partition coefficient (Wildman–Crippen LogP) is 12.4. The first-order chi connectivity index (χ1) is 28.0. The van der Waals surface area contributed by atoms with Crippen molar-refractivity contribution in [2.45, 2.75) is 25.2 Å². The van der Waals surface area contributed by atoms with Crippen LogP contribution in [0.1, 0.15) is 47.6 Å². The number of nitrogens with zero attached hydrogens (tertiary/aromatic N) is 4. The Morgan fingerprint density at radius 1 is 0.603 bits per heavy atom. The molecule has 9 aromatic rings. The van der Waals surface area contributed by atoms with E-state index in [4.69, 9.17) is 9.92 Å². The van der Waals surface area contributed by atoms with E-state index in [-0.39, 0.29) is 21.1 Å². The molecule has 0 radical (unpaired) electrons. The zero-order chi connectivity index (χ0) is 38.3. The molecule has 2 aliphatic rings. The number of pyridine rings is 1. The van der Waals surface area contributed by atoms with Crippen LogP contribution in [0, 0.1) is 12.1 Å². The SMILES string of the molecule is CC(C)c1ccccc1-c1ccnc(-n2c3[c-]c(C4(c5[c-]c(N6[OH+]N(C)c7ccccc76)ccc5)c5ccccc5-c5ccccc54)ccc3c3ccccc32)c1.[Pt]. The van der Waals surface area contributed by atoms with Crippen molar-refractivity contribution in [2.75, 3.05) is 17.2 Å². The minimum absolute atomic E-state index is 0. The standard InChI is InChI=1S/C52H38N4O.Pt/c1-34(2)39-17-4-5-18-40(39)35-29-30-53-51(31-35)55-47-24-11-8-21-43(47)44-28-27-37(33-50(44)55)52(45-22-9-6-19-41(45)42-20-7-10-23-46(42)52)36-15-14-16-38(32-36)56-49-26-13-12-25-48(49)54(3)57-56;/h4-31,34H,1-3H3;/q-2;/p+1. The molecule has 0 saturated carbocycles. The van der Waals surface area contributed by atoms with Gasteiger partial charge in [-0.3, -0.25) is 0 Å². The molecule has 0 bridgehead atoms. The van der Waals surface area contributed by atoms with E-state index in [1.54, 1.807) is 0 Å². The first-order valence-electron chi connectivity index (χ1n) is 19.6. The van der Waals surface area contributed by atoms with Gasteiger partial charge in [0.2, 0.25) is 0 Å². The Labute approximate surface area is 353 Å². The Bertz CT molecular complexity index is 2990. The minimum atomic E-state index is -0.727. The molecule has 1 aliphatic carbocycles. The molecule has 1 N–H and O–H groups in total. The molecule has 0 amide bonds. The monoisotopic (exact) mass is 930 g/mol. The summed E-state index contributed by atoms with van der Waals surface area (Å²) < 4.78 is 2.30. The second-order valence-electron chi connectivity index (χ2n) is 15.3. The summed E-state index contributed by atoms with van der Waals surface area (Å²) in [6.07, 6.45) is 1.94. The molecule has 0 saturated heterocycles. The fraction of sp³-hybridized carbons (Fsp3) is 0.0962. The molecule has 7 aromatic carbocycles. The zero-order valence-electron chi connectivity index (χ0n) is 32.3. The molecule has 2 aromatic heterocycles. The second kappa shape index (κ2) is 14.0. The van der Waals surface area contributed by atoms with Crippen LogP contribution in [0.15, 0.2) is 170 Å². The maximum Gasteiger partial charge on any atom is 0.145 e. The van der Waals surface area contributed by atoms with Crippen molar-refractivity contribution in [3.63, 3.8) is 0 Å². The Balaban J connectivity index is 0.00000408. The van der Waals surface area contributed by atoms with E-state index in [1.807, 2.05) is 23.4 Å². The third-order valence-electron chi connectivity index (χ3n) is 11.9. The molecular weight excluding hydrogens is 892 g/mol. The number of aromatic nitrogens is 2. The van der Waals surface area contributed by atoms with Crippen LogP contribution in [-0.4, -0.2) is 21.5 Å². The van der Waals surface area contributed by atoms with Gasteiger partial charge < -0.3 is 4.57 Å². The van der Waals surface area contributed by atoms with E-state index < -0.39 is 5.41 Å². The summed E-state index contributed by atoms with van der Waals surface area (Å²) in [5.74, 6) is 1.25. The van der Waals surface area contributed by atoms with Crippen LogP contribution in [0.3, 0.4) is 0 Å². The quantitative estimate of drug-likeness (QED) is 0.123. The van der Waals surface area contributed by atoms with Crippen LogP contribution in [0.25, 0.3) is 49.9 Å². The summed E-state index contributed by atoms with van der Waals surface area (Å²) in [6, 6.07) is 66.8. The van der Waals surface area contributed by atoms with Gasteiger partial charge in [-0.05, 0) is 80.6 Å². The fourth-order valence-corrected chi connectivity index (χ4v) is 9.41. The largest absolute Gasteiger partial charge is 0.319 e. The van der Waals surface area contributed by atoms with E-state index in [9.17, 15) is 0 Å². The normalized spacial score (nSPS) is 13.8. The Morgan fingerprint density at radius 3 is 2.03 bits per heavy atom. The van der Waals surface area contributed by atoms with Gasteiger partial charge >= 0.3 is 0 Å². The molecule has 11 rings (SSSR count). The molecule has 284 valence electrons. The van der Waals surface area contributed by atoms with Crippen LogP contribution in [0.4, 0.5) is 17.1 Å². The van der Waals surface area contributed by atoms with E-state index in [1.165, 1.54) is 38.8 Å². The van der Waals surface area contributed by atoms with Crippen LogP contribution < -0.4 is 10.1 Å². The number of hydrogen-bond acceptors (Lipinski definition) is 3. The maximum atomic E-state index is 5.05. The van der Waals surface area contributed by atoms with Gasteiger partial charge in [-0.15, -0.1) is 38.8 Å². The van der Waals surface area contributed by atoms with Crippen molar-refractivity contribution in [3.05, 3.63) is 210 Å². The first kappa shape index (κ1) is 36.1. The zero-order valence-corrected chi connectivity index (χ0v) is 34.6. The van der Waals surface area contributed by atoms with Crippen molar-refractivity contribution < 1.29 is 26.0 Å². The number of rotatable bonds is 6. The van der Waals surface area contributed by atoms with Gasteiger partial charge in [-0.2, -0.15) is 35.3 Å². The Morgan fingerprint density at radius 2 is 1.26 bits per heavy atom. The van der Waals surface area contributed by atoms with Crippen LogP contribution in [0.2, 0.25) is 0 Å². The maximum absolute atomic E-state index is 5.05. The number of hydroxylamine groups is 1. The van der Waals surface area contributed by atoms with E-state index >= 15 is 0 Å². The fourth-order valence-electron chi connectivity index (χ4n) is 9.41. The van der Waals surface area contributed by atoms with Gasteiger partial charge in [0.25, 0.3) is 0 Å². The van der Waals surface area contributed by atoms with Crippen LogP contribution >= 0.6 is 0 Å². The van der Waals surface area contributed by atoms with Crippen molar-refractivity contribution in [1.82, 2.24) is 9.55 Å². The van der Waals surface area contributed by atoms with E-state index in [0.29, 0.717) is 5.92 Å². The molecule has 0 fully saturated rings. The second-order valence-corrected chi connectivity index (χ2v) is 15.3. The van der Waals surface area contributed by atoms with E-state index in [2.05, 4.69) is 194 Å².